The highest BCUT2D eigenvalue weighted by Gasteiger charge is 2.18. The van der Waals surface area contributed by atoms with Crippen LogP contribution in [0.1, 0.15) is 38.5 Å². The zero-order valence-corrected chi connectivity index (χ0v) is 9.21. The lowest BCUT2D eigenvalue weighted by atomic mass is 9.93. The Labute approximate surface area is 86.6 Å². The first-order valence-corrected chi connectivity index (χ1v) is 5.76. The molecule has 1 aliphatic rings. The van der Waals surface area contributed by atoms with E-state index >= 15 is 0 Å². The molecule has 0 spiro atoms. The minimum atomic E-state index is -0.237. The van der Waals surface area contributed by atoms with Crippen LogP contribution in [0.5, 0.6) is 0 Å². The average molecular weight is 202 g/mol. The molecule has 1 rings (SSSR count). The third kappa shape index (κ3) is 3.93. The molecule has 0 aromatic rings. The number of hydrogen-bond acceptors (Lipinski definition) is 2. The Morgan fingerprint density at radius 3 is 2.64 bits per heavy atom. The molecule has 0 saturated heterocycles. The van der Waals surface area contributed by atoms with Crippen LogP contribution >= 0.6 is 0 Å². The van der Waals surface area contributed by atoms with E-state index in [0.717, 1.165) is 12.8 Å². The molecule has 2 unspecified atom stereocenters. The van der Waals surface area contributed by atoms with Crippen LogP contribution < -0.4 is 5.73 Å². The average Bonchev–Trinajstić information content (AvgIpc) is 2.12. The molecule has 0 bridgehead atoms. The van der Waals surface area contributed by atoms with E-state index in [1.165, 1.54) is 25.7 Å². The van der Waals surface area contributed by atoms with E-state index < -0.39 is 0 Å². The van der Waals surface area contributed by atoms with E-state index in [1.54, 1.807) is 0 Å². The van der Waals surface area contributed by atoms with Gasteiger partial charge in [0.2, 0.25) is 0 Å². The summed E-state index contributed by atoms with van der Waals surface area (Å²) in [5, 5.41) is 0. The summed E-state index contributed by atoms with van der Waals surface area (Å²) in [6.07, 6.45) is 7.10. The smallest absolute Gasteiger partial charge is 0.102 e. The molecule has 14 heavy (non-hydrogen) atoms. The highest BCUT2D eigenvalue weighted by molar-refractivity contribution is 4.75. The van der Waals surface area contributed by atoms with Gasteiger partial charge < -0.3 is 10.6 Å². The normalized spacial score (nSPS) is 30.0. The number of nitrogens with two attached hydrogens (primary N) is 1. The van der Waals surface area contributed by atoms with Crippen LogP contribution in [0.25, 0.3) is 0 Å². The Balaban J connectivity index is 2.34. The van der Waals surface area contributed by atoms with Gasteiger partial charge in [0.15, 0.2) is 0 Å². The molecule has 0 radical (unpaired) electrons. The van der Waals surface area contributed by atoms with Gasteiger partial charge in [0, 0.05) is 18.6 Å². The van der Waals surface area contributed by atoms with Crippen LogP contribution in [0.15, 0.2) is 0 Å². The fourth-order valence-electron chi connectivity index (χ4n) is 2.24. The van der Waals surface area contributed by atoms with E-state index in [2.05, 4.69) is 4.90 Å². The Morgan fingerprint density at radius 2 is 1.93 bits per heavy atom. The maximum Gasteiger partial charge on any atom is 0.102 e. The predicted molar refractivity (Wildman–Crippen MR) is 58.1 cm³/mol. The number of hydrogen-bond donors (Lipinski definition) is 1. The molecule has 0 aromatic heterocycles. The fraction of sp³-hybridized carbons (Fsp3) is 1.00. The Hall–Kier alpha value is -0.150. The first kappa shape index (κ1) is 11.9. The van der Waals surface area contributed by atoms with Crippen LogP contribution in [-0.2, 0) is 0 Å². The third-order valence-corrected chi connectivity index (χ3v) is 3.29. The molecule has 0 aromatic carbocycles. The highest BCUT2D eigenvalue weighted by Crippen LogP contribution is 2.19. The molecule has 84 valence electrons. The van der Waals surface area contributed by atoms with Crippen molar-refractivity contribution in [3.05, 3.63) is 0 Å². The highest BCUT2D eigenvalue weighted by atomic mass is 19.1. The zero-order valence-electron chi connectivity index (χ0n) is 9.21. The first-order valence-electron chi connectivity index (χ1n) is 5.76. The molecule has 0 amide bonds. The van der Waals surface area contributed by atoms with Gasteiger partial charge in [-0.05, 0) is 32.7 Å². The van der Waals surface area contributed by atoms with Crippen LogP contribution in [-0.4, -0.2) is 37.3 Å². The van der Waals surface area contributed by atoms with Gasteiger partial charge in [-0.3, -0.25) is 0 Å². The lowest BCUT2D eigenvalue weighted by molar-refractivity contribution is 0.185. The van der Waals surface area contributed by atoms with Gasteiger partial charge >= 0.3 is 0 Å². The van der Waals surface area contributed by atoms with E-state index in [0.29, 0.717) is 18.6 Å². The zero-order chi connectivity index (χ0) is 10.4. The summed E-state index contributed by atoms with van der Waals surface area (Å²) < 4.78 is 12.2. The summed E-state index contributed by atoms with van der Waals surface area (Å²) in [4.78, 5) is 2.15. The number of alkyl halides is 1. The molecule has 1 aliphatic carbocycles. The van der Waals surface area contributed by atoms with Crippen molar-refractivity contribution in [1.82, 2.24) is 4.90 Å². The number of nitrogens with zero attached hydrogens (tertiary/aromatic N) is 1. The van der Waals surface area contributed by atoms with Crippen molar-refractivity contribution in [1.29, 1.82) is 0 Å². The predicted octanol–water partition coefficient (Wildman–Crippen LogP) is 1.94. The first-order chi connectivity index (χ1) is 6.74. The van der Waals surface area contributed by atoms with Crippen LogP contribution in [0.4, 0.5) is 4.39 Å². The second kappa shape index (κ2) is 6.36. The van der Waals surface area contributed by atoms with Gasteiger partial charge in [-0.25, -0.2) is 4.39 Å². The van der Waals surface area contributed by atoms with Gasteiger partial charge in [-0.1, -0.05) is 12.8 Å². The third-order valence-electron chi connectivity index (χ3n) is 3.29. The number of rotatable bonds is 3. The summed E-state index contributed by atoms with van der Waals surface area (Å²) in [6, 6.07) is 0.925. The largest absolute Gasteiger partial charge is 0.328 e. The minimum Gasteiger partial charge on any atom is -0.328 e. The van der Waals surface area contributed by atoms with Gasteiger partial charge in [-0.15, -0.1) is 0 Å². The quantitative estimate of drug-likeness (QED) is 0.758. The van der Waals surface area contributed by atoms with E-state index in [1.807, 2.05) is 7.05 Å². The second-order valence-corrected chi connectivity index (χ2v) is 4.45. The van der Waals surface area contributed by atoms with Crippen LogP contribution in [0.2, 0.25) is 0 Å². The van der Waals surface area contributed by atoms with Crippen molar-refractivity contribution in [3.63, 3.8) is 0 Å². The molecule has 2 N–H and O–H groups in total. The summed E-state index contributed by atoms with van der Waals surface area (Å²) in [6.45, 7) is 0.332. The Kier molecular flexibility index (Phi) is 5.41. The van der Waals surface area contributed by atoms with Gasteiger partial charge in [-0.2, -0.15) is 0 Å². The van der Waals surface area contributed by atoms with Crippen molar-refractivity contribution in [2.45, 2.75) is 50.6 Å². The summed E-state index contributed by atoms with van der Waals surface area (Å²) in [5.74, 6) is 0. The lowest BCUT2D eigenvalue weighted by Crippen LogP contribution is -2.36. The molecule has 2 atom stereocenters. The molecule has 1 fully saturated rings. The van der Waals surface area contributed by atoms with E-state index in [4.69, 9.17) is 5.73 Å². The molecular weight excluding hydrogens is 179 g/mol. The fourth-order valence-corrected chi connectivity index (χ4v) is 2.24. The van der Waals surface area contributed by atoms with Gasteiger partial charge in [0.05, 0.1) is 0 Å². The van der Waals surface area contributed by atoms with E-state index in [-0.39, 0.29) is 6.67 Å². The molecule has 2 nitrogen and oxygen atoms in total. The second-order valence-electron chi connectivity index (χ2n) is 4.45. The van der Waals surface area contributed by atoms with Crippen molar-refractivity contribution in [3.8, 4) is 0 Å². The molecule has 1 saturated carbocycles. The lowest BCUT2D eigenvalue weighted by Gasteiger charge is -2.30. The topological polar surface area (TPSA) is 29.3 Å². The van der Waals surface area contributed by atoms with Gasteiger partial charge in [0.1, 0.15) is 6.67 Å². The Bertz CT molecular complexity index is 152. The summed E-state index contributed by atoms with van der Waals surface area (Å²) in [7, 11) is 2.03. The standard InChI is InChI=1S/C11H23FN2/c1-14(9-8-12)11-5-3-2-4-10(13)6-7-11/h10-11H,2-9,13H2,1H3. The molecule has 0 heterocycles. The molecule has 3 heteroatoms. The molecular formula is C11H23FN2. The molecule has 0 aliphatic heterocycles. The maximum atomic E-state index is 12.2. The number of halogens is 1. The summed E-state index contributed by atoms with van der Waals surface area (Å²) in [5.41, 5.74) is 5.95. The van der Waals surface area contributed by atoms with Crippen molar-refractivity contribution >= 4 is 0 Å². The monoisotopic (exact) mass is 202 g/mol. The van der Waals surface area contributed by atoms with Crippen LogP contribution in [0, 0.1) is 0 Å². The van der Waals surface area contributed by atoms with E-state index in [9.17, 15) is 4.39 Å². The maximum absolute atomic E-state index is 12.2. The minimum absolute atomic E-state index is 0.237. The Morgan fingerprint density at radius 1 is 1.21 bits per heavy atom. The van der Waals surface area contributed by atoms with Crippen molar-refractivity contribution in [2.24, 2.45) is 5.73 Å². The van der Waals surface area contributed by atoms with Crippen LogP contribution in [0.3, 0.4) is 0 Å². The van der Waals surface area contributed by atoms with Crippen molar-refractivity contribution < 1.29 is 4.39 Å². The SMILES string of the molecule is CN(CCF)C1CCCCC(N)CC1. The van der Waals surface area contributed by atoms with Gasteiger partial charge in [0.25, 0.3) is 0 Å². The summed E-state index contributed by atoms with van der Waals surface area (Å²) >= 11 is 0. The van der Waals surface area contributed by atoms with Crippen molar-refractivity contribution in [2.75, 3.05) is 20.3 Å².